The molecule has 0 fully saturated rings. The van der Waals surface area contributed by atoms with Gasteiger partial charge in [0.05, 0.1) is 6.54 Å². The number of rotatable bonds is 7. The molecular formula is C20H25N3O2. The van der Waals surface area contributed by atoms with Crippen molar-refractivity contribution >= 4 is 23.2 Å². The Balaban J connectivity index is 1.83. The molecule has 0 atom stereocenters. The lowest BCUT2D eigenvalue weighted by Gasteiger charge is -2.18. The maximum atomic E-state index is 12.2. The Morgan fingerprint density at radius 3 is 2.12 bits per heavy atom. The van der Waals surface area contributed by atoms with Gasteiger partial charge in [0, 0.05) is 38.9 Å². The summed E-state index contributed by atoms with van der Waals surface area (Å²) in [7, 11) is 5.29. The van der Waals surface area contributed by atoms with E-state index in [1.54, 1.807) is 30.9 Å². The van der Waals surface area contributed by atoms with E-state index in [9.17, 15) is 9.59 Å². The summed E-state index contributed by atoms with van der Waals surface area (Å²) < 4.78 is 0. The number of likely N-dealkylation sites (N-methyl/N-ethyl adjacent to an activating group) is 1. The van der Waals surface area contributed by atoms with Gasteiger partial charge < -0.3 is 15.1 Å². The standard InChI is InChI=1S/C20H25N3O2/c1-22(2)19(24)14-11-16-9-12-17(13-10-16)21-15-20(25)23(3)18-7-5-4-6-8-18/h4-10,12-13,21H,11,14-15H2,1-3H3. The zero-order valence-electron chi connectivity index (χ0n) is 15.0. The lowest BCUT2D eigenvalue weighted by atomic mass is 10.1. The average molecular weight is 339 g/mol. The minimum Gasteiger partial charge on any atom is -0.376 e. The highest BCUT2D eigenvalue weighted by Gasteiger charge is 2.10. The van der Waals surface area contributed by atoms with Crippen LogP contribution >= 0.6 is 0 Å². The third kappa shape index (κ3) is 5.64. The summed E-state index contributed by atoms with van der Waals surface area (Å²) in [6, 6.07) is 17.4. The number of nitrogens with one attached hydrogen (secondary N) is 1. The molecule has 0 aliphatic rings. The Bertz CT molecular complexity index is 697. The van der Waals surface area contributed by atoms with Gasteiger partial charge in [-0.25, -0.2) is 0 Å². The van der Waals surface area contributed by atoms with E-state index in [2.05, 4.69) is 5.32 Å². The Kier molecular flexibility index (Phi) is 6.57. The summed E-state index contributed by atoms with van der Waals surface area (Å²) >= 11 is 0. The van der Waals surface area contributed by atoms with Crippen LogP contribution in [0.1, 0.15) is 12.0 Å². The van der Waals surface area contributed by atoms with Crippen LogP contribution in [0, 0.1) is 0 Å². The third-order valence-electron chi connectivity index (χ3n) is 4.04. The minimum atomic E-state index is -0.00754. The number of amides is 2. The molecule has 1 N–H and O–H groups in total. The van der Waals surface area contributed by atoms with Crippen LogP contribution < -0.4 is 10.2 Å². The molecule has 0 radical (unpaired) electrons. The number of hydrogen-bond acceptors (Lipinski definition) is 3. The van der Waals surface area contributed by atoms with Gasteiger partial charge >= 0.3 is 0 Å². The smallest absolute Gasteiger partial charge is 0.246 e. The van der Waals surface area contributed by atoms with Crippen LogP contribution in [0.2, 0.25) is 0 Å². The Hall–Kier alpha value is -2.82. The summed E-state index contributed by atoms with van der Waals surface area (Å²) in [5, 5.41) is 3.14. The third-order valence-corrected chi connectivity index (χ3v) is 4.04. The van der Waals surface area contributed by atoms with Crippen LogP contribution in [0.5, 0.6) is 0 Å². The summed E-state index contributed by atoms with van der Waals surface area (Å²) in [6.45, 7) is 0.226. The van der Waals surface area contributed by atoms with Gasteiger partial charge in [0.15, 0.2) is 0 Å². The summed E-state index contributed by atoms with van der Waals surface area (Å²) in [4.78, 5) is 27.1. The van der Waals surface area contributed by atoms with Gasteiger partial charge in [-0.15, -0.1) is 0 Å². The zero-order chi connectivity index (χ0) is 18.2. The van der Waals surface area contributed by atoms with E-state index in [4.69, 9.17) is 0 Å². The predicted octanol–water partition coefficient (Wildman–Crippen LogP) is 2.78. The molecule has 0 aliphatic heterocycles. The van der Waals surface area contributed by atoms with Crippen molar-refractivity contribution in [3.63, 3.8) is 0 Å². The maximum Gasteiger partial charge on any atom is 0.246 e. The normalized spacial score (nSPS) is 10.2. The van der Waals surface area contributed by atoms with Crippen molar-refractivity contribution < 1.29 is 9.59 Å². The van der Waals surface area contributed by atoms with E-state index in [1.165, 1.54) is 0 Å². The van der Waals surface area contributed by atoms with E-state index in [0.29, 0.717) is 12.8 Å². The van der Waals surface area contributed by atoms with Crippen molar-refractivity contribution in [3.8, 4) is 0 Å². The molecule has 0 saturated heterocycles. The molecule has 2 rings (SSSR count). The molecule has 0 bridgehead atoms. The quantitative estimate of drug-likeness (QED) is 0.844. The molecule has 0 heterocycles. The zero-order valence-corrected chi connectivity index (χ0v) is 15.0. The molecule has 0 spiro atoms. The van der Waals surface area contributed by atoms with Gasteiger partial charge in [0.25, 0.3) is 0 Å². The van der Waals surface area contributed by atoms with Gasteiger partial charge in [0.1, 0.15) is 0 Å². The highest BCUT2D eigenvalue weighted by atomic mass is 16.2. The predicted molar refractivity (Wildman–Crippen MR) is 102 cm³/mol. The van der Waals surface area contributed by atoms with E-state index >= 15 is 0 Å². The first-order chi connectivity index (χ1) is 12.0. The van der Waals surface area contributed by atoms with Crippen molar-refractivity contribution in [1.29, 1.82) is 0 Å². The van der Waals surface area contributed by atoms with Crippen LogP contribution in [-0.4, -0.2) is 44.4 Å². The Morgan fingerprint density at radius 2 is 1.52 bits per heavy atom. The van der Waals surface area contributed by atoms with Crippen LogP contribution in [0.15, 0.2) is 54.6 Å². The lowest BCUT2D eigenvalue weighted by Crippen LogP contribution is -2.32. The second-order valence-electron chi connectivity index (χ2n) is 6.13. The van der Waals surface area contributed by atoms with Gasteiger partial charge in [-0.1, -0.05) is 30.3 Å². The molecule has 0 saturated carbocycles. The number of nitrogens with zero attached hydrogens (tertiary/aromatic N) is 2. The van der Waals surface area contributed by atoms with E-state index in [-0.39, 0.29) is 18.4 Å². The van der Waals surface area contributed by atoms with Crippen molar-refractivity contribution in [2.75, 3.05) is 37.9 Å². The van der Waals surface area contributed by atoms with Gasteiger partial charge in [0.2, 0.25) is 11.8 Å². The first-order valence-electron chi connectivity index (χ1n) is 8.32. The lowest BCUT2D eigenvalue weighted by molar-refractivity contribution is -0.128. The molecule has 5 heteroatoms. The molecule has 0 aromatic heterocycles. The summed E-state index contributed by atoms with van der Waals surface area (Å²) in [5.74, 6) is 0.114. The molecule has 0 unspecified atom stereocenters. The number of carbonyl (C=O) groups is 2. The average Bonchev–Trinajstić information content (AvgIpc) is 2.64. The largest absolute Gasteiger partial charge is 0.376 e. The van der Waals surface area contributed by atoms with E-state index < -0.39 is 0 Å². The van der Waals surface area contributed by atoms with Crippen LogP contribution in [0.3, 0.4) is 0 Å². The topological polar surface area (TPSA) is 52.7 Å². The van der Waals surface area contributed by atoms with E-state index in [0.717, 1.165) is 16.9 Å². The molecular weight excluding hydrogens is 314 g/mol. The van der Waals surface area contributed by atoms with Gasteiger partial charge in [-0.05, 0) is 36.2 Å². The number of aryl methyl sites for hydroxylation is 1. The SMILES string of the molecule is CN(C)C(=O)CCc1ccc(NCC(=O)N(C)c2ccccc2)cc1. The van der Waals surface area contributed by atoms with Gasteiger partial charge in [-0.3, -0.25) is 9.59 Å². The number of hydrogen-bond donors (Lipinski definition) is 1. The number of anilines is 2. The van der Waals surface area contributed by atoms with Crippen LogP contribution in [-0.2, 0) is 16.0 Å². The van der Waals surface area contributed by atoms with Crippen molar-refractivity contribution in [3.05, 3.63) is 60.2 Å². The fourth-order valence-electron chi connectivity index (χ4n) is 2.36. The molecule has 132 valence electrons. The van der Waals surface area contributed by atoms with Crippen molar-refractivity contribution in [1.82, 2.24) is 4.90 Å². The minimum absolute atomic E-state index is 0.00754. The van der Waals surface area contributed by atoms with Crippen molar-refractivity contribution in [2.24, 2.45) is 0 Å². The highest BCUT2D eigenvalue weighted by molar-refractivity contribution is 5.95. The van der Waals surface area contributed by atoms with Crippen LogP contribution in [0.25, 0.3) is 0 Å². The fraction of sp³-hybridized carbons (Fsp3) is 0.300. The molecule has 2 amide bonds. The number of benzene rings is 2. The Labute approximate surface area is 149 Å². The van der Waals surface area contributed by atoms with E-state index in [1.807, 2.05) is 54.6 Å². The van der Waals surface area contributed by atoms with Crippen molar-refractivity contribution in [2.45, 2.75) is 12.8 Å². The Morgan fingerprint density at radius 1 is 0.880 bits per heavy atom. The molecule has 5 nitrogen and oxygen atoms in total. The summed E-state index contributed by atoms with van der Waals surface area (Å²) in [6.07, 6.45) is 1.22. The first kappa shape index (κ1) is 18.5. The second-order valence-corrected chi connectivity index (χ2v) is 6.13. The molecule has 2 aromatic carbocycles. The molecule has 25 heavy (non-hydrogen) atoms. The monoisotopic (exact) mass is 339 g/mol. The number of carbonyl (C=O) groups excluding carboxylic acids is 2. The highest BCUT2D eigenvalue weighted by Crippen LogP contribution is 2.13. The second kappa shape index (κ2) is 8.87. The summed E-state index contributed by atoms with van der Waals surface area (Å²) in [5.41, 5.74) is 2.86. The fourth-order valence-corrected chi connectivity index (χ4v) is 2.36. The molecule has 2 aromatic rings. The molecule has 0 aliphatic carbocycles. The first-order valence-corrected chi connectivity index (χ1v) is 8.32. The number of para-hydroxylation sites is 1. The van der Waals surface area contributed by atoms with Gasteiger partial charge in [-0.2, -0.15) is 0 Å². The maximum absolute atomic E-state index is 12.2. The van der Waals surface area contributed by atoms with Crippen LogP contribution in [0.4, 0.5) is 11.4 Å².